The number of nitrogens with zero attached hydrogens (tertiary/aromatic N) is 1. The first-order valence-corrected chi connectivity index (χ1v) is 11.2. The van der Waals surface area contributed by atoms with E-state index in [0.717, 1.165) is 0 Å². The molecule has 0 saturated carbocycles. The van der Waals surface area contributed by atoms with Crippen LogP contribution < -0.4 is 10.1 Å². The Morgan fingerprint density at radius 2 is 1.68 bits per heavy atom. The van der Waals surface area contributed by atoms with Gasteiger partial charge >= 0.3 is 0 Å². The summed E-state index contributed by atoms with van der Waals surface area (Å²) < 4.78 is 19.1. The lowest BCUT2D eigenvalue weighted by Gasteiger charge is -2.31. The van der Waals surface area contributed by atoms with Crippen LogP contribution in [0.3, 0.4) is 0 Å². The van der Waals surface area contributed by atoms with Crippen molar-refractivity contribution >= 4 is 23.4 Å². The number of benzene rings is 3. The van der Waals surface area contributed by atoms with Crippen LogP contribution in [0.15, 0.2) is 78.9 Å². The maximum Gasteiger partial charge on any atom is 0.261 e. The topological polar surface area (TPSA) is 78.9 Å². The zero-order valence-corrected chi connectivity index (χ0v) is 19.2. The summed E-state index contributed by atoms with van der Waals surface area (Å²) in [5.74, 6) is -0.892. The molecule has 0 aromatic heterocycles. The number of hydrogen-bond acceptors (Lipinski definition) is 4. The summed E-state index contributed by atoms with van der Waals surface area (Å²) in [6.07, 6.45) is 0.384. The van der Waals surface area contributed by atoms with Gasteiger partial charge in [0.2, 0.25) is 5.91 Å². The normalized spacial score (nSPS) is 11.5. The third-order valence-corrected chi connectivity index (χ3v) is 5.40. The molecule has 0 heterocycles. The van der Waals surface area contributed by atoms with Crippen LogP contribution in [0.5, 0.6) is 5.75 Å². The number of amides is 2. The Morgan fingerprint density at radius 3 is 2.35 bits per heavy atom. The summed E-state index contributed by atoms with van der Waals surface area (Å²) in [6.45, 7) is -0.107. The molecule has 1 unspecified atom stereocenters. The molecule has 3 aromatic rings. The molecule has 0 aliphatic heterocycles. The Labute approximate surface area is 202 Å². The zero-order valence-electron chi connectivity index (χ0n) is 18.5. The number of aliphatic hydroxyl groups is 1. The van der Waals surface area contributed by atoms with E-state index in [1.165, 1.54) is 17.0 Å². The van der Waals surface area contributed by atoms with Gasteiger partial charge in [0.25, 0.3) is 5.91 Å². The van der Waals surface area contributed by atoms with Gasteiger partial charge in [-0.1, -0.05) is 66.2 Å². The first kappa shape index (κ1) is 25.2. The Bertz CT molecular complexity index is 1080. The second-order valence-electron chi connectivity index (χ2n) is 7.55. The number of ether oxygens (including phenoxy) is 1. The monoisotopic (exact) mass is 484 g/mol. The molecule has 1 atom stereocenters. The molecular formula is C26H26ClFN2O4. The van der Waals surface area contributed by atoms with Gasteiger partial charge in [-0.05, 0) is 41.8 Å². The molecule has 8 heteroatoms. The number of hydrogen-bond donors (Lipinski definition) is 2. The van der Waals surface area contributed by atoms with Crippen molar-refractivity contribution in [3.63, 3.8) is 0 Å². The van der Waals surface area contributed by atoms with Crippen LogP contribution in [0.2, 0.25) is 5.02 Å². The molecule has 34 heavy (non-hydrogen) atoms. The SMILES string of the molecule is O=C(NCCCO)C(c1ccccc1)N(Cc1ccc(F)cc1)C(=O)COc1ccccc1Cl. The number of para-hydroxylation sites is 1. The van der Waals surface area contributed by atoms with Gasteiger partial charge in [0.15, 0.2) is 6.61 Å². The highest BCUT2D eigenvalue weighted by Gasteiger charge is 2.31. The van der Waals surface area contributed by atoms with E-state index in [4.69, 9.17) is 21.4 Å². The highest BCUT2D eigenvalue weighted by molar-refractivity contribution is 6.32. The van der Waals surface area contributed by atoms with E-state index in [1.807, 2.05) is 6.07 Å². The molecule has 3 rings (SSSR count). The van der Waals surface area contributed by atoms with E-state index in [1.54, 1.807) is 60.7 Å². The average Bonchev–Trinajstić information content (AvgIpc) is 2.85. The van der Waals surface area contributed by atoms with Crippen molar-refractivity contribution < 1.29 is 23.8 Å². The quantitative estimate of drug-likeness (QED) is 0.401. The van der Waals surface area contributed by atoms with Crippen molar-refractivity contribution in [2.75, 3.05) is 19.8 Å². The first-order valence-electron chi connectivity index (χ1n) is 10.8. The minimum atomic E-state index is -0.965. The van der Waals surface area contributed by atoms with Crippen LogP contribution in [-0.4, -0.2) is 41.6 Å². The van der Waals surface area contributed by atoms with Crippen LogP contribution in [0.4, 0.5) is 4.39 Å². The standard InChI is InChI=1S/C26H26ClFN2O4/c27-22-9-4-5-10-23(22)34-18-24(32)30(17-19-11-13-21(28)14-12-19)25(20-7-2-1-3-8-20)26(33)29-15-6-16-31/h1-5,7-14,25,31H,6,15-18H2,(H,29,33). The minimum absolute atomic E-state index is 0.0535. The van der Waals surface area contributed by atoms with Crippen LogP contribution in [0.1, 0.15) is 23.6 Å². The van der Waals surface area contributed by atoms with Crippen molar-refractivity contribution in [3.8, 4) is 5.75 Å². The number of rotatable bonds is 11. The van der Waals surface area contributed by atoms with Crippen LogP contribution >= 0.6 is 11.6 Å². The fourth-order valence-corrected chi connectivity index (χ4v) is 3.58. The maximum absolute atomic E-state index is 13.5. The molecule has 178 valence electrons. The van der Waals surface area contributed by atoms with Crippen molar-refractivity contribution in [2.24, 2.45) is 0 Å². The fraction of sp³-hybridized carbons (Fsp3) is 0.231. The zero-order chi connectivity index (χ0) is 24.3. The largest absolute Gasteiger partial charge is 0.482 e. The highest BCUT2D eigenvalue weighted by atomic mass is 35.5. The third-order valence-electron chi connectivity index (χ3n) is 5.08. The van der Waals surface area contributed by atoms with E-state index in [9.17, 15) is 14.0 Å². The molecule has 2 N–H and O–H groups in total. The highest BCUT2D eigenvalue weighted by Crippen LogP contribution is 2.26. The van der Waals surface area contributed by atoms with Crippen LogP contribution in [0, 0.1) is 5.82 Å². The van der Waals surface area contributed by atoms with Gasteiger partial charge in [0.05, 0.1) is 5.02 Å². The molecule has 0 saturated heterocycles. The Balaban J connectivity index is 1.91. The van der Waals surface area contributed by atoms with Crippen molar-refractivity contribution in [3.05, 3.63) is 101 Å². The van der Waals surface area contributed by atoms with Gasteiger partial charge in [-0.15, -0.1) is 0 Å². The Morgan fingerprint density at radius 1 is 1.00 bits per heavy atom. The molecule has 6 nitrogen and oxygen atoms in total. The number of carbonyl (C=O) groups excluding carboxylic acids is 2. The van der Waals surface area contributed by atoms with Crippen LogP contribution in [0.25, 0.3) is 0 Å². The lowest BCUT2D eigenvalue weighted by Crippen LogP contribution is -2.45. The second kappa shape index (κ2) is 12.7. The van der Waals surface area contributed by atoms with Crippen molar-refractivity contribution in [2.45, 2.75) is 19.0 Å². The van der Waals surface area contributed by atoms with Gasteiger partial charge in [-0.3, -0.25) is 9.59 Å². The second-order valence-corrected chi connectivity index (χ2v) is 7.96. The average molecular weight is 485 g/mol. The predicted octanol–water partition coefficient (Wildman–Crippen LogP) is 4.13. The molecule has 0 bridgehead atoms. The lowest BCUT2D eigenvalue weighted by molar-refractivity contribution is -0.143. The smallest absolute Gasteiger partial charge is 0.261 e. The summed E-state index contributed by atoms with van der Waals surface area (Å²) >= 11 is 6.14. The Hall–Kier alpha value is -3.42. The molecule has 0 radical (unpaired) electrons. The number of halogens is 2. The predicted molar refractivity (Wildman–Crippen MR) is 128 cm³/mol. The number of nitrogens with one attached hydrogen (secondary N) is 1. The van der Waals surface area contributed by atoms with Crippen LogP contribution in [-0.2, 0) is 16.1 Å². The molecule has 0 aliphatic rings. The summed E-state index contributed by atoms with van der Waals surface area (Å²) in [5, 5.41) is 12.2. The van der Waals surface area contributed by atoms with E-state index >= 15 is 0 Å². The molecule has 0 aliphatic carbocycles. The fourth-order valence-electron chi connectivity index (χ4n) is 3.39. The summed E-state index contributed by atoms with van der Waals surface area (Å²) in [5.41, 5.74) is 1.26. The van der Waals surface area contributed by atoms with E-state index in [2.05, 4.69) is 5.32 Å². The Kier molecular flexibility index (Phi) is 9.43. The number of aliphatic hydroxyl groups excluding tert-OH is 1. The van der Waals surface area contributed by atoms with Gasteiger partial charge in [0.1, 0.15) is 17.6 Å². The molecule has 0 spiro atoms. The van der Waals surface area contributed by atoms with E-state index < -0.39 is 23.7 Å². The van der Waals surface area contributed by atoms with E-state index in [0.29, 0.717) is 28.3 Å². The molecular weight excluding hydrogens is 459 g/mol. The summed E-state index contributed by atoms with van der Waals surface area (Å²) in [7, 11) is 0. The summed E-state index contributed by atoms with van der Waals surface area (Å²) in [6, 6.07) is 20.5. The summed E-state index contributed by atoms with van der Waals surface area (Å²) in [4.78, 5) is 28.0. The number of carbonyl (C=O) groups is 2. The van der Waals surface area contributed by atoms with E-state index in [-0.39, 0.29) is 26.3 Å². The van der Waals surface area contributed by atoms with Crippen molar-refractivity contribution in [1.82, 2.24) is 10.2 Å². The lowest BCUT2D eigenvalue weighted by atomic mass is 10.0. The van der Waals surface area contributed by atoms with Crippen molar-refractivity contribution in [1.29, 1.82) is 0 Å². The third kappa shape index (κ3) is 7.04. The van der Waals surface area contributed by atoms with Gasteiger partial charge < -0.3 is 20.1 Å². The molecule has 2 amide bonds. The van der Waals surface area contributed by atoms with Gasteiger partial charge in [-0.2, -0.15) is 0 Å². The van der Waals surface area contributed by atoms with Gasteiger partial charge in [-0.25, -0.2) is 4.39 Å². The first-order chi connectivity index (χ1) is 16.5. The van der Waals surface area contributed by atoms with Gasteiger partial charge in [0, 0.05) is 19.7 Å². The molecule has 0 fully saturated rings. The maximum atomic E-state index is 13.5. The molecule has 3 aromatic carbocycles. The minimum Gasteiger partial charge on any atom is -0.482 e.